The lowest BCUT2D eigenvalue weighted by molar-refractivity contribution is 0.239. The molecule has 0 radical (unpaired) electrons. The second-order valence-electron chi connectivity index (χ2n) is 4.12. The van der Waals surface area contributed by atoms with Crippen molar-refractivity contribution in [2.24, 2.45) is 0 Å². The second-order valence-corrected chi connectivity index (χ2v) is 4.12. The summed E-state index contributed by atoms with van der Waals surface area (Å²) < 4.78 is 0. The third-order valence-corrected chi connectivity index (χ3v) is 2.65. The largest absolute Gasteiger partial charge is 0.395 e. The SMILES string of the molecule is CCC(N[C@@H](C)CO)c1ccc(C)cc1. The van der Waals surface area contributed by atoms with Gasteiger partial charge in [-0.1, -0.05) is 36.8 Å². The van der Waals surface area contributed by atoms with Gasteiger partial charge in [0, 0.05) is 12.1 Å². The van der Waals surface area contributed by atoms with Gasteiger partial charge in [-0.3, -0.25) is 0 Å². The summed E-state index contributed by atoms with van der Waals surface area (Å²) in [6.07, 6.45) is 1.04. The van der Waals surface area contributed by atoms with E-state index in [0.29, 0.717) is 6.04 Å². The molecule has 15 heavy (non-hydrogen) atoms. The summed E-state index contributed by atoms with van der Waals surface area (Å²) >= 11 is 0. The highest BCUT2D eigenvalue weighted by Crippen LogP contribution is 2.17. The van der Waals surface area contributed by atoms with Crippen molar-refractivity contribution in [1.29, 1.82) is 0 Å². The van der Waals surface area contributed by atoms with Crippen LogP contribution < -0.4 is 5.32 Å². The van der Waals surface area contributed by atoms with Crippen molar-refractivity contribution in [3.63, 3.8) is 0 Å². The van der Waals surface area contributed by atoms with Gasteiger partial charge >= 0.3 is 0 Å². The molecule has 0 spiro atoms. The first kappa shape index (κ1) is 12.2. The molecule has 2 N–H and O–H groups in total. The highest BCUT2D eigenvalue weighted by Gasteiger charge is 2.11. The number of aliphatic hydroxyl groups excluding tert-OH is 1. The van der Waals surface area contributed by atoms with Crippen LogP contribution >= 0.6 is 0 Å². The van der Waals surface area contributed by atoms with Crippen molar-refractivity contribution in [2.75, 3.05) is 6.61 Å². The molecule has 0 amide bonds. The van der Waals surface area contributed by atoms with Crippen LogP contribution in [0.5, 0.6) is 0 Å². The van der Waals surface area contributed by atoms with Crippen LogP contribution in [0.4, 0.5) is 0 Å². The van der Waals surface area contributed by atoms with Crippen molar-refractivity contribution >= 4 is 0 Å². The summed E-state index contributed by atoms with van der Waals surface area (Å²) in [5.74, 6) is 0. The molecule has 0 heterocycles. The van der Waals surface area contributed by atoms with Crippen LogP contribution in [0.1, 0.15) is 37.4 Å². The summed E-state index contributed by atoms with van der Waals surface area (Å²) in [5.41, 5.74) is 2.58. The molecule has 0 aromatic heterocycles. The Morgan fingerprint density at radius 3 is 2.33 bits per heavy atom. The molecule has 1 rings (SSSR count). The van der Waals surface area contributed by atoms with Gasteiger partial charge < -0.3 is 10.4 Å². The number of aryl methyl sites for hydroxylation is 1. The Bertz CT molecular complexity index is 281. The lowest BCUT2D eigenvalue weighted by Crippen LogP contribution is -2.32. The molecule has 0 saturated carbocycles. The highest BCUT2D eigenvalue weighted by atomic mass is 16.3. The molecule has 0 aliphatic rings. The number of nitrogens with one attached hydrogen (secondary N) is 1. The summed E-state index contributed by atoms with van der Waals surface area (Å²) in [4.78, 5) is 0. The van der Waals surface area contributed by atoms with Gasteiger partial charge in [0.1, 0.15) is 0 Å². The molecular formula is C13H21NO. The van der Waals surface area contributed by atoms with Gasteiger partial charge in [0.2, 0.25) is 0 Å². The molecule has 2 heteroatoms. The molecule has 2 nitrogen and oxygen atoms in total. The summed E-state index contributed by atoms with van der Waals surface area (Å²) in [7, 11) is 0. The Morgan fingerprint density at radius 1 is 1.27 bits per heavy atom. The zero-order valence-corrected chi connectivity index (χ0v) is 9.83. The van der Waals surface area contributed by atoms with Crippen LogP contribution in [0.3, 0.4) is 0 Å². The van der Waals surface area contributed by atoms with Crippen LogP contribution in [0, 0.1) is 6.92 Å². The van der Waals surface area contributed by atoms with Crippen molar-refractivity contribution in [3.05, 3.63) is 35.4 Å². The van der Waals surface area contributed by atoms with E-state index in [1.165, 1.54) is 11.1 Å². The van der Waals surface area contributed by atoms with Crippen LogP contribution in [0.2, 0.25) is 0 Å². The zero-order chi connectivity index (χ0) is 11.3. The van der Waals surface area contributed by atoms with E-state index in [4.69, 9.17) is 5.11 Å². The number of aliphatic hydroxyl groups is 1. The average molecular weight is 207 g/mol. The number of rotatable bonds is 5. The maximum atomic E-state index is 9.01. The van der Waals surface area contributed by atoms with Crippen LogP contribution in [0.15, 0.2) is 24.3 Å². The van der Waals surface area contributed by atoms with Gasteiger partial charge in [-0.2, -0.15) is 0 Å². The lowest BCUT2D eigenvalue weighted by atomic mass is 10.0. The van der Waals surface area contributed by atoms with E-state index >= 15 is 0 Å². The Balaban J connectivity index is 2.69. The molecule has 0 saturated heterocycles. The first-order valence-electron chi connectivity index (χ1n) is 5.60. The van der Waals surface area contributed by atoms with E-state index in [0.717, 1.165) is 6.42 Å². The van der Waals surface area contributed by atoms with E-state index in [1.54, 1.807) is 0 Å². The van der Waals surface area contributed by atoms with Crippen LogP contribution in [-0.2, 0) is 0 Å². The third-order valence-electron chi connectivity index (χ3n) is 2.65. The maximum Gasteiger partial charge on any atom is 0.0582 e. The summed E-state index contributed by atoms with van der Waals surface area (Å²) in [5, 5.41) is 12.4. The third kappa shape index (κ3) is 3.65. The van der Waals surface area contributed by atoms with Gasteiger partial charge in [0.15, 0.2) is 0 Å². The lowest BCUT2D eigenvalue weighted by Gasteiger charge is -2.21. The quantitative estimate of drug-likeness (QED) is 0.777. The molecule has 0 bridgehead atoms. The minimum Gasteiger partial charge on any atom is -0.395 e. The van der Waals surface area contributed by atoms with E-state index in [9.17, 15) is 0 Å². The van der Waals surface area contributed by atoms with E-state index in [2.05, 4.69) is 43.4 Å². The van der Waals surface area contributed by atoms with Crippen LogP contribution in [0.25, 0.3) is 0 Å². The van der Waals surface area contributed by atoms with Gasteiger partial charge in [-0.05, 0) is 25.8 Å². The van der Waals surface area contributed by atoms with E-state index in [-0.39, 0.29) is 12.6 Å². The normalized spacial score (nSPS) is 14.9. The van der Waals surface area contributed by atoms with Crippen molar-refractivity contribution in [3.8, 4) is 0 Å². The first-order valence-corrected chi connectivity index (χ1v) is 5.60. The van der Waals surface area contributed by atoms with Gasteiger partial charge in [0.05, 0.1) is 6.61 Å². The number of benzene rings is 1. The summed E-state index contributed by atoms with van der Waals surface area (Å²) in [6.45, 7) is 6.43. The maximum absolute atomic E-state index is 9.01. The molecular weight excluding hydrogens is 186 g/mol. The molecule has 1 aromatic carbocycles. The van der Waals surface area contributed by atoms with Gasteiger partial charge in [0.25, 0.3) is 0 Å². The molecule has 84 valence electrons. The van der Waals surface area contributed by atoms with Crippen molar-refractivity contribution in [2.45, 2.75) is 39.3 Å². The fraction of sp³-hybridized carbons (Fsp3) is 0.538. The van der Waals surface area contributed by atoms with Crippen LogP contribution in [-0.4, -0.2) is 17.8 Å². The summed E-state index contributed by atoms with van der Waals surface area (Å²) in [6, 6.07) is 9.05. The van der Waals surface area contributed by atoms with Crippen molar-refractivity contribution in [1.82, 2.24) is 5.32 Å². The molecule has 0 aliphatic carbocycles. The minimum atomic E-state index is 0.149. The Labute approximate surface area is 92.3 Å². The number of hydrogen-bond donors (Lipinski definition) is 2. The molecule has 0 aliphatic heterocycles. The Kier molecular flexibility index (Phi) is 4.79. The monoisotopic (exact) mass is 207 g/mol. The smallest absolute Gasteiger partial charge is 0.0582 e. The van der Waals surface area contributed by atoms with Crippen molar-refractivity contribution < 1.29 is 5.11 Å². The Hall–Kier alpha value is -0.860. The second kappa shape index (κ2) is 5.89. The average Bonchev–Trinajstić information content (AvgIpc) is 2.27. The standard InChI is InChI=1S/C13H21NO/c1-4-13(14-11(3)9-15)12-7-5-10(2)6-8-12/h5-8,11,13-15H,4,9H2,1-3H3/t11-,13?/m0/s1. The fourth-order valence-corrected chi connectivity index (χ4v) is 1.64. The zero-order valence-electron chi connectivity index (χ0n) is 9.83. The minimum absolute atomic E-state index is 0.149. The van der Waals surface area contributed by atoms with Gasteiger partial charge in [-0.25, -0.2) is 0 Å². The topological polar surface area (TPSA) is 32.3 Å². The van der Waals surface area contributed by atoms with Gasteiger partial charge in [-0.15, -0.1) is 0 Å². The molecule has 0 fully saturated rings. The molecule has 1 aromatic rings. The highest BCUT2D eigenvalue weighted by molar-refractivity contribution is 5.24. The molecule has 2 atom stereocenters. The predicted molar refractivity (Wildman–Crippen MR) is 63.9 cm³/mol. The Morgan fingerprint density at radius 2 is 1.87 bits per heavy atom. The number of hydrogen-bond acceptors (Lipinski definition) is 2. The van der Waals surface area contributed by atoms with E-state index < -0.39 is 0 Å². The predicted octanol–water partition coefficient (Wildman–Crippen LogP) is 2.42. The van der Waals surface area contributed by atoms with E-state index in [1.807, 2.05) is 6.92 Å². The fourth-order valence-electron chi connectivity index (χ4n) is 1.64. The molecule has 1 unspecified atom stereocenters. The first-order chi connectivity index (χ1) is 7.17.